The molecule has 2 aromatic rings. The Balaban J connectivity index is 1.62. The zero-order valence-corrected chi connectivity index (χ0v) is 10.4. The maximum atomic E-state index is 10.2. The Morgan fingerprint density at radius 3 is 2.83 bits per heavy atom. The zero-order chi connectivity index (χ0) is 12.5. The normalized spacial score (nSPS) is 24.5. The van der Waals surface area contributed by atoms with E-state index in [9.17, 15) is 5.11 Å². The number of aliphatic hydroxyl groups is 1. The molecule has 18 heavy (non-hydrogen) atoms. The van der Waals surface area contributed by atoms with Crippen LogP contribution in [0, 0.1) is 5.92 Å². The first-order valence-electron chi connectivity index (χ1n) is 6.34. The second kappa shape index (κ2) is 4.57. The van der Waals surface area contributed by atoms with Crippen molar-refractivity contribution in [2.45, 2.75) is 25.0 Å². The van der Waals surface area contributed by atoms with Crippen molar-refractivity contribution in [3.05, 3.63) is 42.5 Å². The molecule has 4 nitrogen and oxygen atoms in total. The topological polar surface area (TPSA) is 50.9 Å². The summed E-state index contributed by atoms with van der Waals surface area (Å²) in [6, 6.07) is 6.10. The van der Waals surface area contributed by atoms with Gasteiger partial charge in [-0.25, -0.2) is 0 Å². The highest BCUT2D eigenvalue weighted by molar-refractivity contribution is 6.31. The van der Waals surface area contributed by atoms with Gasteiger partial charge in [-0.1, -0.05) is 11.5 Å². The minimum Gasteiger partial charge on any atom is -0.387 e. The van der Waals surface area contributed by atoms with Crippen LogP contribution in [0.5, 0.6) is 0 Å². The fourth-order valence-electron chi connectivity index (χ4n) is 2.53. The van der Waals surface area contributed by atoms with Crippen LogP contribution < -0.4 is 5.46 Å². The van der Waals surface area contributed by atoms with Gasteiger partial charge in [-0.15, -0.1) is 0 Å². The largest absolute Gasteiger partial charge is 0.387 e. The van der Waals surface area contributed by atoms with Crippen LogP contribution in [0.3, 0.4) is 0 Å². The molecule has 3 rings (SSSR count). The maximum absolute atomic E-state index is 10.2. The van der Waals surface area contributed by atoms with Crippen molar-refractivity contribution in [1.29, 1.82) is 0 Å². The number of aromatic nitrogens is 3. The maximum Gasteiger partial charge on any atom is 0.143 e. The molecular formula is C13H16BN3O. The van der Waals surface area contributed by atoms with Crippen LogP contribution in [-0.4, -0.2) is 27.7 Å². The Hall–Kier alpha value is -1.62. The molecule has 1 atom stereocenters. The van der Waals surface area contributed by atoms with E-state index in [2.05, 4.69) is 16.3 Å². The van der Waals surface area contributed by atoms with Crippen molar-refractivity contribution in [2.24, 2.45) is 5.92 Å². The van der Waals surface area contributed by atoms with E-state index < -0.39 is 6.10 Å². The molecule has 0 aliphatic heterocycles. The Morgan fingerprint density at radius 1 is 1.39 bits per heavy atom. The average molecular weight is 241 g/mol. The lowest BCUT2D eigenvalue weighted by Gasteiger charge is -2.38. The number of hydrogen-bond acceptors (Lipinski definition) is 3. The number of pyridine rings is 1. The summed E-state index contributed by atoms with van der Waals surface area (Å²) in [6.45, 7) is 0. The van der Waals surface area contributed by atoms with Crippen molar-refractivity contribution < 1.29 is 5.11 Å². The molecule has 0 bridgehead atoms. The Bertz CT molecular complexity index is 522. The zero-order valence-electron chi connectivity index (χ0n) is 10.4. The molecule has 2 heterocycles. The number of nitrogens with zero attached hydrogens (tertiary/aromatic N) is 3. The molecule has 1 N–H and O–H groups in total. The molecule has 1 aliphatic carbocycles. The van der Waals surface area contributed by atoms with Crippen LogP contribution in [0.15, 0.2) is 36.8 Å². The summed E-state index contributed by atoms with van der Waals surface area (Å²) in [5, 5.41) is 14.5. The van der Waals surface area contributed by atoms with Crippen LogP contribution in [0.4, 0.5) is 0 Å². The standard InChI is InChI=1S/C13H16BN3O/c14-10-7-16-17(8-10)11-5-9(6-11)13(18)12-3-1-2-4-15-12/h1-4,7-9,11,13,18H,5-6,14H2. The van der Waals surface area contributed by atoms with Gasteiger partial charge in [-0.3, -0.25) is 9.67 Å². The minimum absolute atomic E-state index is 0.300. The summed E-state index contributed by atoms with van der Waals surface area (Å²) >= 11 is 0. The fourth-order valence-corrected chi connectivity index (χ4v) is 2.53. The van der Waals surface area contributed by atoms with Gasteiger partial charge in [0, 0.05) is 18.6 Å². The predicted molar refractivity (Wildman–Crippen MR) is 71.4 cm³/mol. The van der Waals surface area contributed by atoms with Gasteiger partial charge in [0.1, 0.15) is 7.85 Å². The van der Waals surface area contributed by atoms with Gasteiger partial charge in [-0.05, 0) is 30.9 Å². The molecule has 0 amide bonds. The number of aliphatic hydroxyl groups excluding tert-OH is 1. The summed E-state index contributed by atoms with van der Waals surface area (Å²) in [6.07, 6.45) is 7.17. The molecule has 1 fully saturated rings. The predicted octanol–water partition coefficient (Wildman–Crippen LogP) is 0.221. The molecule has 0 aromatic carbocycles. The third-order valence-corrected chi connectivity index (χ3v) is 3.69. The van der Waals surface area contributed by atoms with Gasteiger partial charge in [-0.2, -0.15) is 5.10 Å². The van der Waals surface area contributed by atoms with Crippen molar-refractivity contribution in [1.82, 2.24) is 14.8 Å². The van der Waals surface area contributed by atoms with E-state index in [4.69, 9.17) is 0 Å². The van der Waals surface area contributed by atoms with E-state index in [1.54, 1.807) is 6.20 Å². The smallest absolute Gasteiger partial charge is 0.143 e. The highest BCUT2D eigenvalue weighted by atomic mass is 16.3. The van der Waals surface area contributed by atoms with E-state index in [-0.39, 0.29) is 0 Å². The molecule has 0 radical (unpaired) electrons. The summed E-state index contributed by atoms with van der Waals surface area (Å²) < 4.78 is 2.01. The third kappa shape index (κ3) is 2.06. The molecular weight excluding hydrogens is 225 g/mol. The van der Waals surface area contributed by atoms with Crippen LogP contribution in [0.25, 0.3) is 0 Å². The van der Waals surface area contributed by atoms with Crippen LogP contribution in [0.1, 0.15) is 30.7 Å². The SMILES string of the molecule is Bc1cnn(C2CC(C(O)c3ccccn3)C2)c1. The molecule has 1 saturated carbocycles. The van der Waals surface area contributed by atoms with E-state index in [1.807, 2.05) is 36.9 Å². The van der Waals surface area contributed by atoms with Gasteiger partial charge >= 0.3 is 0 Å². The summed E-state index contributed by atoms with van der Waals surface area (Å²) in [5.41, 5.74) is 1.96. The second-order valence-electron chi connectivity index (χ2n) is 5.08. The number of hydrogen-bond donors (Lipinski definition) is 1. The third-order valence-electron chi connectivity index (χ3n) is 3.69. The lowest BCUT2D eigenvalue weighted by Crippen LogP contribution is -2.31. The van der Waals surface area contributed by atoms with Gasteiger partial charge in [0.25, 0.3) is 0 Å². The van der Waals surface area contributed by atoms with E-state index in [0.717, 1.165) is 18.5 Å². The van der Waals surface area contributed by atoms with E-state index in [0.29, 0.717) is 12.0 Å². The molecule has 1 unspecified atom stereocenters. The summed E-state index contributed by atoms with van der Waals surface area (Å²) in [4.78, 5) is 4.21. The van der Waals surface area contributed by atoms with Gasteiger partial charge < -0.3 is 5.11 Å². The van der Waals surface area contributed by atoms with Gasteiger partial charge in [0.2, 0.25) is 0 Å². The first kappa shape index (κ1) is 11.5. The van der Waals surface area contributed by atoms with E-state index in [1.165, 1.54) is 5.46 Å². The average Bonchev–Trinajstić information content (AvgIpc) is 2.75. The van der Waals surface area contributed by atoms with Gasteiger partial charge in [0.15, 0.2) is 0 Å². The lowest BCUT2D eigenvalue weighted by molar-refractivity contribution is 0.0244. The fraction of sp³-hybridized carbons (Fsp3) is 0.385. The summed E-state index contributed by atoms with van der Waals surface area (Å²) in [7, 11) is 2.04. The highest BCUT2D eigenvalue weighted by Gasteiger charge is 2.36. The molecule has 1 aliphatic rings. The molecule has 92 valence electrons. The second-order valence-corrected chi connectivity index (χ2v) is 5.08. The lowest BCUT2D eigenvalue weighted by atomic mass is 9.76. The molecule has 2 aromatic heterocycles. The van der Waals surface area contributed by atoms with Crippen LogP contribution in [0.2, 0.25) is 0 Å². The first-order chi connectivity index (χ1) is 8.74. The Kier molecular flexibility index (Phi) is 2.92. The van der Waals surface area contributed by atoms with Crippen LogP contribution >= 0.6 is 0 Å². The van der Waals surface area contributed by atoms with Crippen molar-refractivity contribution in [3.8, 4) is 0 Å². The minimum atomic E-state index is -0.445. The molecule has 0 saturated heterocycles. The Labute approximate surface area is 107 Å². The Morgan fingerprint density at radius 2 is 2.22 bits per heavy atom. The monoisotopic (exact) mass is 241 g/mol. The van der Waals surface area contributed by atoms with Crippen molar-refractivity contribution in [2.75, 3.05) is 0 Å². The summed E-state index contributed by atoms with van der Waals surface area (Å²) in [5.74, 6) is 0.300. The van der Waals surface area contributed by atoms with E-state index >= 15 is 0 Å². The number of rotatable bonds is 3. The molecule has 0 spiro atoms. The quantitative estimate of drug-likeness (QED) is 0.782. The first-order valence-corrected chi connectivity index (χ1v) is 6.34. The van der Waals surface area contributed by atoms with Crippen molar-refractivity contribution >= 4 is 13.3 Å². The van der Waals surface area contributed by atoms with Gasteiger partial charge in [0.05, 0.1) is 17.8 Å². The molecule has 5 heteroatoms. The van der Waals surface area contributed by atoms with Crippen molar-refractivity contribution in [3.63, 3.8) is 0 Å². The highest BCUT2D eigenvalue weighted by Crippen LogP contribution is 2.43. The van der Waals surface area contributed by atoms with Crippen LogP contribution in [-0.2, 0) is 0 Å².